The fourth-order valence-electron chi connectivity index (χ4n) is 3.40. The molecule has 1 unspecified atom stereocenters. The quantitative estimate of drug-likeness (QED) is 0.624. The molecule has 0 bridgehead atoms. The second-order valence-electron chi connectivity index (χ2n) is 6.32. The minimum absolute atomic E-state index is 0.242. The molecule has 2 N–H and O–H groups in total. The van der Waals surface area contributed by atoms with Gasteiger partial charge < -0.3 is 10.0 Å². The van der Waals surface area contributed by atoms with E-state index in [4.69, 9.17) is 10.0 Å². The molecular formula is C17H26BFO2. The molecule has 1 saturated carbocycles. The van der Waals surface area contributed by atoms with Crippen molar-refractivity contribution in [3.05, 3.63) is 29.8 Å². The molecule has 0 aliphatic heterocycles. The fourth-order valence-corrected chi connectivity index (χ4v) is 3.40. The van der Waals surface area contributed by atoms with E-state index in [0.29, 0.717) is 11.9 Å². The van der Waals surface area contributed by atoms with Crippen LogP contribution in [-0.4, -0.2) is 23.3 Å². The van der Waals surface area contributed by atoms with Gasteiger partial charge >= 0.3 is 7.12 Å². The summed E-state index contributed by atoms with van der Waals surface area (Å²) in [4.78, 5) is 0. The van der Waals surface area contributed by atoms with Crippen LogP contribution in [0.3, 0.4) is 0 Å². The Hall–Kier alpha value is -0.865. The van der Waals surface area contributed by atoms with E-state index in [-0.39, 0.29) is 11.8 Å². The number of unbranched alkanes of at least 4 members (excludes halogenated alkanes) is 2. The van der Waals surface area contributed by atoms with Gasteiger partial charge in [-0.05, 0) is 48.5 Å². The minimum Gasteiger partial charge on any atom is -0.423 e. The van der Waals surface area contributed by atoms with E-state index in [1.807, 2.05) is 12.1 Å². The second-order valence-corrected chi connectivity index (χ2v) is 6.32. The van der Waals surface area contributed by atoms with Crippen LogP contribution >= 0.6 is 0 Å². The highest BCUT2D eigenvalue weighted by molar-refractivity contribution is 6.58. The van der Waals surface area contributed by atoms with Crippen LogP contribution in [0.15, 0.2) is 24.3 Å². The summed E-state index contributed by atoms with van der Waals surface area (Å²) in [7, 11) is -1.43. The molecule has 0 saturated heterocycles. The van der Waals surface area contributed by atoms with E-state index in [1.54, 1.807) is 12.1 Å². The number of rotatable bonds is 6. The van der Waals surface area contributed by atoms with Gasteiger partial charge in [-0.3, -0.25) is 0 Å². The summed E-state index contributed by atoms with van der Waals surface area (Å²) < 4.78 is 14.3. The number of alkyl halides is 1. The third-order valence-electron chi connectivity index (χ3n) is 4.79. The Labute approximate surface area is 127 Å². The third kappa shape index (κ3) is 4.55. The maximum Gasteiger partial charge on any atom is 0.488 e. The van der Waals surface area contributed by atoms with E-state index < -0.39 is 13.3 Å². The lowest BCUT2D eigenvalue weighted by molar-refractivity contribution is 0.141. The van der Waals surface area contributed by atoms with Crippen LogP contribution in [-0.2, 0) is 0 Å². The second kappa shape index (κ2) is 7.95. The van der Waals surface area contributed by atoms with Crippen molar-refractivity contribution in [2.75, 3.05) is 0 Å². The van der Waals surface area contributed by atoms with Crippen LogP contribution in [0.2, 0.25) is 0 Å². The van der Waals surface area contributed by atoms with E-state index in [9.17, 15) is 4.39 Å². The van der Waals surface area contributed by atoms with Crippen molar-refractivity contribution in [3.8, 4) is 0 Å². The van der Waals surface area contributed by atoms with Gasteiger partial charge in [0.05, 0.1) is 0 Å². The Morgan fingerprint density at radius 1 is 1.14 bits per heavy atom. The van der Waals surface area contributed by atoms with Crippen molar-refractivity contribution in [2.24, 2.45) is 5.92 Å². The summed E-state index contributed by atoms with van der Waals surface area (Å²) >= 11 is 0. The molecule has 1 fully saturated rings. The molecule has 0 spiro atoms. The highest BCUT2D eigenvalue weighted by Gasteiger charge is 2.30. The van der Waals surface area contributed by atoms with Crippen LogP contribution < -0.4 is 5.46 Å². The zero-order valence-electron chi connectivity index (χ0n) is 12.8. The van der Waals surface area contributed by atoms with Crippen molar-refractivity contribution in [1.82, 2.24) is 0 Å². The number of hydrogen-bond donors (Lipinski definition) is 2. The predicted octanol–water partition coefficient (Wildman–Crippen LogP) is 3.17. The molecule has 116 valence electrons. The van der Waals surface area contributed by atoms with Crippen molar-refractivity contribution < 1.29 is 14.4 Å². The maximum atomic E-state index is 14.3. The monoisotopic (exact) mass is 292 g/mol. The molecule has 4 heteroatoms. The Balaban J connectivity index is 1.89. The molecule has 0 radical (unpaired) electrons. The molecule has 0 amide bonds. The first-order valence-corrected chi connectivity index (χ1v) is 8.22. The predicted molar refractivity (Wildman–Crippen MR) is 85.4 cm³/mol. The molecule has 1 aromatic rings. The SMILES string of the molecule is CCCCC[C@@H]1CCC(c2ccc(B(O)O)cc2)C[C@H]1F. The average molecular weight is 292 g/mol. The van der Waals surface area contributed by atoms with E-state index in [1.165, 1.54) is 12.8 Å². The number of halogens is 1. The summed E-state index contributed by atoms with van der Waals surface area (Å²) in [5.41, 5.74) is 1.61. The first-order valence-electron chi connectivity index (χ1n) is 8.22. The van der Waals surface area contributed by atoms with Gasteiger partial charge in [-0.2, -0.15) is 0 Å². The standard InChI is InChI=1S/C17H26BFO2/c1-2-3-4-5-14-6-7-15(12-17(14)19)13-8-10-16(11-9-13)18(20)21/h8-11,14-15,17,20-21H,2-7,12H2,1H3/t14-,15?,17-/m1/s1. The highest BCUT2D eigenvalue weighted by atomic mass is 19.1. The first kappa shape index (κ1) is 16.5. The smallest absolute Gasteiger partial charge is 0.423 e. The van der Waals surface area contributed by atoms with Crippen molar-refractivity contribution in [1.29, 1.82) is 0 Å². The lowest BCUT2D eigenvalue weighted by Gasteiger charge is -2.32. The molecule has 2 rings (SSSR count). The molecular weight excluding hydrogens is 266 g/mol. The zero-order chi connectivity index (χ0) is 15.2. The van der Waals surface area contributed by atoms with Gasteiger partial charge in [-0.1, -0.05) is 50.5 Å². The Bertz CT molecular complexity index is 421. The minimum atomic E-state index is -1.43. The Morgan fingerprint density at radius 3 is 2.43 bits per heavy atom. The van der Waals surface area contributed by atoms with E-state index in [0.717, 1.165) is 31.2 Å². The van der Waals surface area contributed by atoms with Gasteiger partial charge in [-0.25, -0.2) is 4.39 Å². The number of benzene rings is 1. The summed E-state index contributed by atoms with van der Waals surface area (Å²) in [6.45, 7) is 2.18. The largest absolute Gasteiger partial charge is 0.488 e. The van der Waals surface area contributed by atoms with Gasteiger partial charge in [0.2, 0.25) is 0 Å². The van der Waals surface area contributed by atoms with Gasteiger partial charge in [0.1, 0.15) is 6.17 Å². The van der Waals surface area contributed by atoms with E-state index in [2.05, 4.69) is 6.92 Å². The average Bonchev–Trinajstić information content (AvgIpc) is 2.49. The normalized spacial score (nSPS) is 25.8. The zero-order valence-corrected chi connectivity index (χ0v) is 12.8. The van der Waals surface area contributed by atoms with Crippen molar-refractivity contribution in [3.63, 3.8) is 0 Å². The van der Waals surface area contributed by atoms with Gasteiger partial charge in [0, 0.05) is 0 Å². The Morgan fingerprint density at radius 2 is 1.86 bits per heavy atom. The molecule has 3 atom stereocenters. The molecule has 21 heavy (non-hydrogen) atoms. The van der Waals surface area contributed by atoms with Gasteiger partial charge in [-0.15, -0.1) is 0 Å². The highest BCUT2D eigenvalue weighted by Crippen LogP contribution is 2.39. The molecule has 2 nitrogen and oxygen atoms in total. The summed E-state index contributed by atoms with van der Waals surface area (Å²) in [5.74, 6) is 0.513. The molecule has 1 aliphatic rings. The summed E-state index contributed by atoms with van der Waals surface area (Å²) in [5, 5.41) is 18.2. The van der Waals surface area contributed by atoms with Crippen LogP contribution in [0.5, 0.6) is 0 Å². The maximum absolute atomic E-state index is 14.3. The van der Waals surface area contributed by atoms with Gasteiger partial charge in [0.25, 0.3) is 0 Å². The molecule has 0 aromatic heterocycles. The summed E-state index contributed by atoms with van der Waals surface area (Å²) in [6, 6.07) is 7.26. The van der Waals surface area contributed by atoms with Crippen LogP contribution in [0.1, 0.15) is 63.4 Å². The van der Waals surface area contributed by atoms with E-state index >= 15 is 0 Å². The van der Waals surface area contributed by atoms with Gasteiger partial charge in [0.15, 0.2) is 0 Å². The first-order chi connectivity index (χ1) is 10.1. The van der Waals surface area contributed by atoms with Crippen molar-refractivity contribution >= 4 is 12.6 Å². The molecule has 1 aromatic carbocycles. The topological polar surface area (TPSA) is 40.5 Å². The van der Waals surface area contributed by atoms with Crippen molar-refractivity contribution in [2.45, 2.75) is 64.0 Å². The lowest BCUT2D eigenvalue weighted by atomic mass is 9.74. The third-order valence-corrected chi connectivity index (χ3v) is 4.79. The number of hydrogen-bond acceptors (Lipinski definition) is 2. The van der Waals surface area contributed by atoms with Crippen LogP contribution in [0.25, 0.3) is 0 Å². The summed E-state index contributed by atoms with van der Waals surface area (Å²) in [6.07, 6.45) is 6.50. The Kier molecular flexibility index (Phi) is 6.25. The fraction of sp³-hybridized carbons (Fsp3) is 0.647. The van der Waals surface area contributed by atoms with Crippen LogP contribution in [0, 0.1) is 5.92 Å². The molecule has 1 aliphatic carbocycles. The molecule has 0 heterocycles. The lowest BCUT2D eigenvalue weighted by Crippen LogP contribution is -2.30. The van der Waals surface area contributed by atoms with Crippen LogP contribution in [0.4, 0.5) is 4.39 Å².